The van der Waals surface area contributed by atoms with E-state index in [4.69, 9.17) is 5.11 Å². The molecule has 1 unspecified atom stereocenters. The van der Waals surface area contributed by atoms with Gasteiger partial charge < -0.3 is 15.3 Å². The van der Waals surface area contributed by atoms with Crippen molar-refractivity contribution in [2.75, 3.05) is 31.6 Å². The molecule has 1 aromatic heterocycles. The minimum atomic E-state index is -0.0665. The van der Waals surface area contributed by atoms with Crippen LogP contribution in [-0.2, 0) is 0 Å². The maximum Gasteiger partial charge on any atom is 0.274 e. The molecule has 1 saturated heterocycles. The molecule has 1 aliphatic heterocycles. The van der Waals surface area contributed by atoms with Crippen LogP contribution in [0.1, 0.15) is 36.7 Å². The second-order valence-electron chi connectivity index (χ2n) is 5.09. The lowest BCUT2D eigenvalue weighted by molar-refractivity contribution is 0.0647. The molecule has 110 valence electrons. The predicted octanol–water partition coefficient (Wildman–Crippen LogP) is 1.14. The van der Waals surface area contributed by atoms with Gasteiger partial charge in [-0.05, 0) is 32.1 Å². The van der Waals surface area contributed by atoms with Crippen molar-refractivity contribution in [1.29, 1.82) is 0 Å². The molecule has 2 heterocycles. The number of hydrogen-bond donors (Lipinski definition) is 2. The van der Waals surface area contributed by atoms with Crippen LogP contribution in [0.3, 0.4) is 0 Å². The summed E-state index contributed by atoms with van der Waals surface area (Å²) in [6, 6.07) is 0. The molecular formula is C14H22N4O2. The zero-order valence-corrected chi connectivity index (χ0v) is 11.9. The standard InChI is InChI=1S/C14H22N4O2/c1-2-15-13-9-16-12(8-17-13)14(20)18-6-3-4-11(10-18)5-7-19/h8-9,11,19H,2-7,10H2,1H3,(H,15,17). The number of aliphatic hydroxyl groups excluding tert-OH is 1. The molecule has 2 N–H and O–H groups in total. The van der Waals surface area contributed by atoms with Crippen LogP contribution < -0.4 is 5.32 Å². The Kier molecular flexibility index (Phi) is 5.29. The number of aliphatic hydroxyl groups is 1. The summed E-state index contributed by atoms with van der Waals surface area (Å²) >= 11 is 0. The van der Waals surface area contributed by atoms with E-state index >= 15 is 0 Å². The average Bonchev–Trinajstić information content (AvgIpc) is 2.48. The molecule has 0 bridgehead atoms. The molecule has 0 aliphatic carbocycles. The largest absolute Gasteiger partial charge is 0.396 e. The number of amides is 1. The quantitative estimate of drug-likeness (QED) is 0.844. The van der Waals surface area contributed by atoms with Crippen LogP contribution in [-0.4, -0.2) is 52.1 Å². The van der Waals surface area contributed by atoms with Gasteiger partial charge in [0, 0.05) is 26.2 Å². The van der Waals surface area contributed by atoms with E-state index in [1.165, 1.54) is 6.20 Å². The summed E-state index contributed by atoms with van der Waals surface area (Å²) in [5.41, 5.74) is 0.385. The molecule has 20 heavy (non-hydrogen) atoms. The third kappa shape index (κ3) is 3.66. The number of likely N-dealkylation sites (tertiary alicyclic amines) is 1. The highest BCUT2D eigenvalue weighted by molar-refractivity contribution is 5.92. The predicted molar refractivity (Wildman–Crippen MR) is 76.5 cm³/mol. The van der Waals surface area contributed by atoms with Crippen LogP contribution in [0.2, 0.25) is 0 Å². The summed E-state index contributed by atoms with van der Waals surface area (Å²) in [5.74, 6) is 1.01. The van der Waals surface area contributed by atoms with E-state index in [9.17, 15) is 4.79 Å². The van der Waals surface area contributed by atoms with E-state index < -0.39 is 0 Å². The summed E-state index contributed by atoms with van der Waals surface area (Å²) in [7, 11) is 0. The Morgan fingerprint density at radius 1 is 1.50 bits per heavy atom. The van der Waals surface area contributed by atoms with Crippen molar-refractivity contribution in [3.05, 3.63) is 18.1 Å². The Morgan fingerprint density at radius 3 is 3.00 bits per heavy atom. The lowest BCUT2D eigenvalue weighted by Gasteiger charge is -2.32. The lowest BCUT2D eigenvalue weighted by Crippen LogP contribution is -2.40. The first kappa shape index (κ1) is 14.7. The number of piperidine rings is 1. The number of hydrogen-bond acceptors (Lipinski definition) is 5. The topological polar surface area (TPSA) is 78.4 Å². The smallest absolute Gasteiger partial charge is 0.274 e. The van der Waals surface area contributed by atoms with Gasteiger partial charge in [-0.15, -0.1) is 0 Å². The van der Waals surface area contributed by atoms with E-state index in [0.29, 0.717) is 24.0 Å². The van der Waals surface area contributed by atoms with Crippen molar-refractivity contribution in [1.82, 2.24) is 14.9 Å². The Morgan fingerprint density at radius 2 is 2.35 bits per heavy atom. The van der Waals surface area contributed by atoms with E-state index in [1.807, 2.05) is 11.8 Å². The minimum absolute atomic E-state index is 0.0665. The SMILES string of the molecule is CCNc1cnc(C(=O)N2CCCC(CCO)C2)cn1. The molecule has 0 aromatic carbocycles. The van der Waals surface area contributed by atoms with Gasteiger partial charge in [-0.1, -0.05) is 0 Å². The van der Waals surface area contributed by atoms with E-state index in [-0.39, 0.29) is 12.5 Å². The summed E-state index contributed by atoms with van der Waals surface area (Å²) < 4.78 is 0. The summed E-state index contributed by atoms with van der Waals surface area (Å²) in [5, 5.41) is 12.1. The van der Waals surface area contributed by atoms with Crippen LogP contribution in [0.25, 0.3) is 0 Å². The Balaban J connectivity index is 1.99. The minimum Gasteiger partial charge on any atom is -0.396 e. The van der Waals surface area contributed by atoms with Gasteiger partial charge >= 0.3 is 0 Å². The Bertz CT molecular complexity index is 433. The number of rotatable bonds is 5. The molecule has 1 amide bonds. The second kappa shape index (κ2) is 7.19. The van der Waals surface area contributed by atoms with Crippen molar-refractivity contribution in [2.45, 2.75) is 26.2 Å². The van der Waals surface area contributed by atoms with Gasteiger partial charge in [0.05, 0.1) is 12.4 Å². The van der Waals surface area contributed by atoms with Gasteiger partial charge in [-0.25, -0.2) is 9.97 Å². The van der Waals surface area contributed by atoms with Crippen LogP contribution in [0.4, 0.5) is 5.82 Å². The highest BCUT2D eigenvalue weighted by Gasteiger charge is 2.24. The third-order valence-corrected chi connectivity index (χ3v) is 3.57. The average molecular weight is 278 g/mol. The summed E-state index contributed by atoms with van der Waals surface area (Å²) in [4.78, 5) is 22.5. The number of aromatic nitrogens is 2. The third-order valence-electron chi connectivity index (χ3n) is 3.57. The second-order valence-corrected chi connectivity index (χ2v) is 5.09. The normalized spacial score (nSPS) is 18.9. The number of anilines is 1. The molecule has 1 aliphatic rings. The monoisotopic (exact) mass is 278 g/mol. The number of nitrogens with one attached hydrogen (secondary N) is 1. The maximum absolute atomic E-state index is 12.4. The fraction of sp³-hybridized carbons (Fsp3) is 0.643. The van der Waals surface area contributed by atoms with Gasteiger partial charge in [0.1, 0.15) is 11.5 Å². The number of carbonyl (C=O) groups excluding carboxylic acids is 1. The van der Waals surface area contributed by atoms with E-state index in [1.54, 1.807) is 6.20 Å². The van der Waals surface area contributed by atoms with Crippen molar-refractivity contribution < 1.29 is 9.90 Å². The molecule has 0 radical (unpaired) electrons. The van der Waals surface area contributed by atoms with Crippen LogP contribution in [0, 0.1) is 5.92 Å². The summed E-state index contributed by atoms with van der Waals surface area (Å²) in [6.45, 7) is 4.41. The first-order chi connectivity index (χ1) is 9.74. The van der Waals surface area contributed by atoms with Crippen LogP contribution in [0.5, 0.6) is 0 Å². The van der Waals surface area contributed by atoms with Gasteiger partial charge in [-0.3, -0.25) is 4.79 Å². The van der Waals surface area contributed by atoms with Gasteiger partial charge in [0.25, 0.3) is 5.91 Å². The Hall–Kier alpha value is -1.69. The Labute approximate surface area is 119 Å². The van der Waals surface area contributed by atoms with Crippen molar-refractivity contribution in [3.63, 3.8) is 0 Å². The molecule has 6 heteroatoms. The van der Waals surface area contributed by atoms with Crippen molar-refractivity contribution >= 4 is 11.7 Å². The lowest BCUT2D eigenvalue weighted by atomic mass is 9.95. The van der Waals surface area contributed by atoms with E-state index in [0.717, 1.165) is 32.4 Å². The number of carbonyl (C=O) groups is 1. The molecule has 0 spiro atoms. The summed E-state index contributed by atoms with van der Waals surface area (Å²) in [6.07, 6.45) is 5.94. The molecule has 1 atom stereocenters. The van der Waals surface area contributed by atoms with Gasteiger partial charge in [0.15, 0.2) is 0 Å². The van der Waals surface area contributed by atoms with Gasteiger partial charge in [0.2, 0.25) is 0 Å². The first-order valence-corrected chi connectivity index (χ1v) is 7.20. The molecule has 6 nitrogen and oxygen atoms in total. The maximum atomic E-state index is 12.4. The van der Waals surface area contributed by atoms with Crippen molar-refractivity contribution in [3.8, 4) is 0 Å². The molecule has 1 aromatic rings. The zero-order valence-electron chi connectivity index (χ0n) is 11.9. The molecular weight excluding hydrogens is 256 g/mol. The molecule has 1 fully saturated rings. The van der Waals surface area contributed by atoms with Crippen molar-refractivity contribution in [2.24, 2.45) is 5.92 Å². The fourth-order valence-electron chi connectivity index (χ4n) is 2.54. The highest BCUT2D eigenvalue weighted by atomic mass is 16.3. The first-order valence-electron chi connectivity index (χ1n) is 7.20. The van der Waals surface area contributed by atoms with E-state index in [2.05, 4.69) is 15.3 Å². The molecule has 0 saturated carbocycles. The van der Waals surface area contributed by atoms with Crippen LogP contribution >= 0.6 is 0 Å². The highest BCUT2D eigenvalue weighted by Crippen LogP contribution is 2.20. The van der Waals surface area contributed by atoms with Gasteiger partial charge in [-0.2, -0.15) is 0 Å². The fourth-order valence-corrected chi connectivity index (χ4v) is 2.54. The van der Waals surface area contributed by atoms with Crippen LogP contribution in [0.15, 0.2) is 12.4 Å². The zero-order chi connectivity index (χ0) is 14.4. The molecule has 2 rings (SSSR count). The number of nitrogens with zero attached hydrogens (tertiary/aromatic N) is 3.